The van der Waals surface area contributed by atoms with Gasteiger partial charge < -0.3 is 50.0 Å². The molecule has 2 aromatic rings. The molecule has 1 fully saturated rings. The molecule has 15 heteroatoms. The highest BCUT2D eigenvalue weighted by molar-refractivity contribution is 5.94. The van der Waals surface area contributed by atoms with Crippen molar-refractivity contribution < 1.29 is 49.0 Å². The number of carbonyl (C=O) groups excluding carboxylic acids is 2. The molecule has 1 aliphatic heterocycles. The third-order valence-electron chi connectivity index (χ3n) is 6.09. The molecule has 15 nitrogen and oxygen atoms in total. The van der Waals surface area contributed by atoms with Crippen LogP contribution in [-0.4, -0.2) is 131 Å². The molecule has 2 amide bonds. The number of amides is 2. The van der Waals surface area contributed by atoms with Crippen molar-refractivity contribution in [1.29, 1.82) is 0 Å². The van der Waals surface area contributed by atoms with Gasteiger partial charge in [-0.15, -0.1) is 5.10 Å². The number of hydrogen-bond donors (Lipinski definition) is 6. The number of aliphatic hydroxyl groups is 4. The Morgan fingerprint density at radius 3 is 2.40 bits per heavy atom. The van der Waals surface area contributed by atoms with Gasteiger partial charge in [-0.3, -0.25) is 9.59 Å². The number of rotatable bonds is 16. The predicted molar refractivity (Wildman–Crippen MR) is 138 cm³/mol. The Morgan fingerprint density at radius 2 is 1.70 bits per heavy atom. The quantitative estimate of drug-likeness (QED) is 0.118. The molecule has 0 bridgehead atoms. The summed E-state index contributed by atoms with van der Waals surface area (Å²) in [4.78, 5) is 23.4. The van der Waals surface area contributed by atoms with Crippen LogP contribution in [0.4, 0.5) is 0 Å². The first kappa shape index (κ1) is 31.5. The van der Waals surface area contributed by atoms with Gasteiger partial charge in [0.2, 0.25) is 5.91 Å². The van der Waals surface area contributed by atoms with E-state index in [1.54, 1.807) is 42.2 Å². The first-order valence-corrected chi connectivity index (χ1v) is 12.9. The maximum atomic E-state index is 12.2. The second-order valence-electron chi connectivity index (χ2n) is 8.92. The fourth-order valence-electron chi connectivity index (χ4n) is 3.76. The predicted octanol–water partition coefficient (Wildman–Crippen LogP) is -2.34. The molecule has 0 aliphatic carbocycles. The van der Waals surface area contributed by atoms with E-state index in [9.17, 15) is 30.0 Å². The Bertz CT molecular complexity index is 1050. The molecule has 1 aliphatic rings. The summed E-state index contributed by atoms with van der Waals surface area (Å²) in [6.07, 6.45) is -4.59. The summed E-state index contributed by atoms with van der Waals surface area (Å²) in [5, 5.41) is 52.1. The molecule has 0 spiro atoms. The average Bonchev–Trinajstić information content (AvgIpc) is 3.45. The fourth-order valence-corrected chi connectivity index (χ4v) is 3.76. The minimum Gasteiger partial charge on any atom is -0.394 e. The van der Waals surface area contributed by atoms with E-state index >= 15 is 0 Å². The summed E-state index contributed by atoms with van der Waals surface area (Å²) in [5.74, 6) is -0.405. The third-order valence-corrected chi connectivity index (χ3v) is 6.09. The Labute approximate surface area is 231 Å². The van der Waals surface area contributed by atoms with Gasteiger partial charge in [0.05, 0.1) is 52.4 Å². The second-order valence-corrected chi connectivity index (χ2v) is 8.92. The van der Waals surface area contributed by atoms with Crippen LogP contribution in [0.3, 0.4) is 0 Å². The lowest BCUT2D eigenvalue weighted by atomic mass is 9.99. The lowest BCUT2D eigenvalue weighted by Crippen LogP contribution is -2.59. The molecule has 6 N–H and O–H groups in total. The van der Waals surface area contributed by atoms with Gasteiger partial charge in [-0.1, -0.05) is 17.3 Å². The summed E-state index contributed by atoms with van der Waals surface area (Å²) in [6.45, 7) is 1.45. The second kappa shape index (κ2) is 16.3. The zero-order valence-corrected chi connectivity index (χ0v) is 22.2. The van der Waals surface area contributed by atoms with E-state index in [1.807, 2.05) is 0 Å². The van der Waals surface area contributed by atoms with Crippen LogP contribution in [0, 0.1) is 0 Å². The van der Waals surface area contributed by atoms with Crippen molar-refractivity contribution >= 4 is 11.8 Å². The number of aliphatic hydroxyl groups excluding tert-OH is 4. The molecule has 0 radical (unpaired) electrons. The van der Waals surface area contributed by atoms with Crippen molar-refractivity contribution in [2.75, 3.05) is 53.2 Å². The summed E-state index contributed by atoms with van der Waals surface area (Å²) < 4.78 is 23.2. The molecule has 3 rings (SSSR count). The van der Waals surface area contributed by atoms with Crippen molar-refractivity contribution in [2.24, 2.45) is 0 Å². The number of aromatic nitrogens is 3. The highest BCUT2D eigenvalue weighted by Crippen LogP contribution is 2.22. The van der Waals surface area contributed by atoms with E-state index in [4.69, 9.17) is 18.9 Å². The van der Waals surface area contributed by atoms with E-state index in [2.05, 4.69) is 20.9 Å². The summed E-state index contributed by atoms with van der Waals surface area (Å²) in [7, 11) is 1.54. The Morgan fingerprint density at radius 1 is 1.00 bits per heavy atom. The Kier molecular flexibility index (Phi) is 12.8. The summed E-state index contributed by atoms with van der Waals surface area (Å²) >= 11 is 0. The number of benzene rings is 1. The van der Waals surface area contributed by atoms with Gasteiger partial charge in [0.1, 0.15) is 30.1 Å². The standard InChI is InChI=1S/C25H37N5O10/c1-26-20(32)6-7-27-24(36)17-4-2-16(3-5-17)18-14-30(29-28-18)8-9-37-10-11-38-12-13-39-25-23(35)22(34)21(33)19(15-31)40-25/h2-5,14,19,21-23,25,31,33-35H,6-13,15H2,1H3,(H,26,32)(H,27,36)/t19-,21+,22+,23-,25?/m1/s1. The number of nitrogens with one attached hydrogen (secondary N) is 2. The maximum absolute atomic E-state index is 12.2. The van der Waals surface area contributed by atoms with E-state index in [0.29, 0.717) is 37.6 Å². The first-order chi connectivity index (χ1) is 19.3. The monoisotopic (exact) mass is 567 g/mol. The van der Waals surface area contributed by atoms with Crippen molar-refractivity contribution in [1.82, 2.24) is 25.6 Å². The van der Waals surface area contributed by atoms with Crippen LogP contribution in [0.5, 0.6) is 0 Å². The Balaban J connectivity index is 1.27. The fraction of sp³-hybridized carbons (Fsp3) is 0.600. The van der Waals surface area contributed by atoms with E-state index in [0.717, 1.165) is 5.56 Å². The summed E-state index contributed by atoms with van der Waals surface area (Å²) in [6, 6.07) is 6.91. The molecule has 2 heterocycles. The SMILES string of the molecule is CNC(=O)CCNC(=O)c1ccc(-c2cn(CCOCCOCCOC3O[C@H](CO)[C@H](O)[C@H](O)[C@H]3O)nn2)cc1. The summed E-state index contributed by atoms with van der Waals surface area (Å²) in [5.41, 5.74) is 1.92. The minimum absolute atomic E-state index is 0.0633. The van der Waals surface area contributed by atoms with Crippen molar-refractivity contribution in [3.63, 3.8) is 0 Å². The normalized spacial score (nSPS) is 22.7. The van der Waals surface area contributed by atoms with E-state index in [1.165, 1.54) is 0 Å². The van der Waals surface area contributed by atoms with Gasteiger partial charge in [-0.2, -0.15) is 0 Å². The minimum atomic E-state index is -1.49. The molecule has 40 heavy (non-hydrogen) atoms. The molecule has 1 aromatic carbocycles. The number of carbonyl (C=O) groups is 2. The Hall–Kier alpha value is -3.02. The van der Waals surface area contributed by atoms with Gasteiger partial charge in [0.15, 0.2) is 6.29 Å². The van der Waals surface area contributed by atoms with Crippen LogP contribution in [0.25, 0.3) is 11.3 Å². The molecule has 5 atom stereocenters. The average molecular weight is 568 g/mol. The van der Waals surface area contributed by atoms with Crippen molar-refractivity contribution in [2.45, 2.75) is 43.7 Å². The number of hydrogen-bond acceptors (Lipinski definition) is 12. The third kappa shape index (κ3) is 9.28. The maximum Gasteiger partial charge on any atom is 0.251 e. The number of nitrogens with zero attached hydrogens (tertiary/aromatic N) is 3. The van der Waals surface area contributed by atoms with Crippen LogP contribution >= 0.6 is 0 Å². The zero-order chi connectivity index (χ0) is 28.9. The molecule has 1 saturated heterocycles. The highest BCUT2D eigenvalue weighted by atomic mass is 16.7. The van der Waals surface area contributed by atoms with Crippen LogP contribution < -0.4 is 10.6 Å². The molecule has 1 aromatic heterocycles. The van der Waals surface area contributed by atoms with Crippen LogP contribution in [0.2, 0.25) is 0 Å². The van der Waals surface area contributed by atoms with Gasteiger partial charge in [0, 0.05) is 31.1 Å². The first-order valence-electron chi connectivity index (χ1n) is 12.9. The van der Waals surface area contributed by atoms with Crippen LogP contribution in [0.15, 0.2) is 30.5 Å². The van der Waals surface area contributed by atoms with Gasteiger partial charge in [-0.25, -0.2) is 4.68 Å². The highest BCUT2D eigenvalue weighted by Gasteiger charge is 2.43. The van der Waals surface area contributed by atoms with Gasteiger partial charge >= 0.3 is 0 Å². The van der Waals surface area contributed by atoms with Gasteiger partial charge in [0.25, 0.3) is 5.91 Å². The van der Waals surface area contributed by atoms with Gasteiger partial charge in [-0.05, 0) is 12.1 Å². The van der Waals surface area contributed by atoms with E-state index in [-0.39, 0.29) is 38.0 Å². The molecular weight excluding hydrogens is 530 g/mol. The van der Waals surface area contributed by atoms with Crippen molar-refractivity contribution in [3.8, 4) is 11.3 Å². The largest absolute Gasteiger partial charge is 0.394 e. The number of ether oxygens (including phenoxy) is 4. The lowest BCUT2D eigenvalue weighted by Gasteiger charge is -2.39. The lowest BCUT2D eigenvalue weighted by molar-refractivity contribution is -0.302. The smallest absolute Gasteiger partial charge is 0.251 e. The van der Waals surface area contributed by atoms with Crippen molar-refractivity contribution in [3.05, 3.63) is 36.0 Å². The molecule has 1 unspecified atom stereocenters. The topological polar surface area (TPSA) is 207 Å². The molecule has 222 valence electrons. The molecular formula is C25H37N5O10. The van der Waals surface area contributed by atoms with Crippen LogP contribution in [-0.2, 0) is 30.3 Å². The van der Waals surface area contributed by atoms with E-state index < -0.39 is 37.3 Å². The molecule has 0 saturated carbocycles. The van der Waals surface area contributed by atoms with Crippen LogP contribution in [0.1, 0.15) is 16.8 Å². The zero-order valence-electron chi connectivity index (χ0n) is 22.2.